The summed E-state index contributed by atoms with van der Waals surface area (Å²) in [5.74, 6) is 0.763. The molecule has 3 rings (SSSR count). The molecule has 1 saturated heterocycles. The molecule has 0 aliphatic carbocycles. The van der Waals surface area contributed by atoms with E-state index in [1.165, 1.54) is 25.9 Å². The molecule has 0 amide bonds. The summed E-state index contributed by atoms with van der Waals surface area (Å²) in [6.45, 7) is 4.15. The van der Waals surface area contributed by atoms with Crippen molar-refractivity contribution in [2.45, 2.75) is 18.9 Å². The summed E-state index contributed by atoms with van der Waals surface area (Å²) < 4.78 is 5.68. The van der Waals surface area contributed by atoms with Gasteiger partial charge in [-0.2, -0.15) is 0 Å². The van der Waals surface area contributed by atoms with Gasteiger partial charge < -0.3 is 15.4 Å². The Labute approximate surface area is 120 Å². The number of halogens is 1. The fourth-order valence-electron chi connectivity index (χ4n) is 2.56. The third kappa shape index (κ3) is 3.39. The summed E-state index contributed by atoms with van der Waals surface area (Å²) in [6, 6.07) is 7.98. The van der Waals surface area contributed by atoms with Crippen LogP contribution in [0.15, 0.2) is 29.3 Å². The van der Waals surface area contributed by atoms with Crippen LogP contribution in [0.4, 0.5) is 5.69 Å². The van der Waals surface area contributed by atoms with Crippen LogP contribution in [0.1, 0.15) is 18.4 Å². The van der Waals surface area contributed by atoms with E-state index in [4.69, 9.17) is 10.5 Å². The number of nitrogens with zero attached hydrogens (tertiary/aromatic N) is 2. The predicted octanol–water partition coefficient (Wildman–Crippen LogP) is 1.93. The fraction of sp³-hybridized carbons (Fsp3) is 0.500. The van der Waals surface area contributed by atoms with Crippen molar-refractivity contribution in [3.05, 3.63) is 29.8 Å². The van der Waals surface area contributed by atoms with Crippen LogP contribution in [-0.2, 0) is 4.74 Å². The zero-order valence-electron chi connectivity index (χ0n) is 10.9. The van der Waals surface area contributed by atoms with Gasteiger partial charge in [0.15, 0.2) is 0 Å². The second-order valence-corrected chi connectivity index (χ2v) is 5.03. The summed E-state index contributed by atoms with van der Waals surface area (Å²) in [4.78, 5) is 7.14. The molecule has 0 bridgehead atoms. The van der Waals surface area contributed by atoms with E-state index in [1.54, 1.807) is 0 Å². The monoisotopic (exact) mass is 281 g/mol. The molecular weight excluding hydrogens is 262 g/mol. The SMILES string of the molecule is Cl.Nc1ccc(C2=N[C@H](CN3CCCC3)CO2)cc1. The molecule has 19 heavy (non-hydrogen) atoms. The van der Waals surface area contributed by atoms with Crippen LogP contribution in [-0.4, -0.2) is 43.1 Å². The predicted molar refractivity (Wildman–Crippen MR) is 80.1 cm³/mol. The summed E-state index contributed by atoms with van der Waals surface area (Å²) in [6.07, 6.45) is 2.64. The van der Waals surface area contributed by atoms with Gasteiger partial charge in [0.1, 0.15) is 12.6 Å². The van der Waals surface area contributed by atoms with Crippen LogP contribution in [0.3, 0.4) is 0 Å². The number of benzene rings is 1. The molecule has 0 aromatic heterocycles. The zero-order valence-corrected chi connectivity index (χ0v) is 11.7. The summed E-state index contributed by atoms with van der Waals surface area (Å²) in [7, 11) is 0. The van der Waals surface area contributed by atoms with Gasteiger partial charge >= 0.3 is 0 Å². The van der Waals surface area contributed by atoms with Gasteiger partial charge in [-0.25, -0.2) is 4.99 Å². The second-order valence-electron chi connectivity index (χ2n) is 5.03. The van der Waals surface area contributed by atoms with Gasteiger partial charge in [0.05, 0.1) is 0 Å². The van der Waals surface area contributed by atoms with Crippen molar-refractivity contribution < 1.29 is 4.74 Å². The van der Waals surface area contributed by atoms with Gasteiger partial charge in [-0.15, -0.1) is 12.4 Å². The number of nitrogen functional groups attached to an aromatic ring is 1. The van der Waals surface area contributed by atoms with Crippen molar-refractivity contribution in [3.63, 3.8) is 0 Å². The summed E-state index contributed by atoms with van der Waals surface area (Å²) in [5.41, 5.74) is 7.46. The molecule has 5 heteroatoms. The number of hydrogen-bond donors (Lipinski definition) is 1. The number of nitrogens with two attached hydrogens (primary N) is 1. The lowest BCUT2D eigenvalue weighted by Gasteiger charge is -2.16. The molecule has 1 aromatic rings. The van der Waals surface area contributed by atoms with E-state index >= 15 is 0 Å². The van der Waals surface area contributed by atoms with Crippen LogP contribution < -0.4 is 5.73 Å². The Hall–Kier alpha value is -1.26. The first-order valence-electron chi connectivity index (χ1n) is 6.60. The number of rotatable bonds is 3. The highest BCUT2D eigenvalue weighted by Gasteiger charge is 2.23. The minimum Gasteiger partial charge on any atom is -0.475 e. The van der Waals surface area contributed by atoms with Gasteiger partial charge in [0.2, 0.25) is 5.90 Å². The highest BCUT2D eigenvalue weighted by atomic mass is 35.5. The Balaban J connectivity index is 0.00000133. The van der Waals surface area contributed by atoms with Gasteiger partial charge in [0.25, 0.3) is 0 Å². The molecular formula is C14H20ClN3O. The van der Waals surface area contributed by atoms with E-state index in [2.05, 4.69) is 9.89 Å². The van der Waals surface area contributed by atoms with Crippen LogP contribution in [0.5, 0.6) is 0 Å². The van der Waals surface area contributed by atoms with Crippen molar-refractivity contribution in [3.8, 4) is 0 Å². The van der Waals surface area contributed by atoms with E-state index in [0.29, 0.717) is 6.61 Å². The van der Waals surface area contributed by atoms with Crippen molar-refractivity contribution in [2.24, 2.45) is 4.99 Å². The van der Waals surface area contributed by atoms with Crippen molar-refractivity contribution >= 4 is 24.0 Å². The Morgan fingerprint density at radius 3 is 2.58 bits per heavy atom. The normalized spacial score (nSPS) is 22.7. The highest BCUT2D eigenvalue weighted by Crippen LogP contribution is 2.16. The number of likely N-dealkylation sites (tertiary alicyclic amines) is 1. The Kier molecular flexibility index (Phi) is 4.66. The molecule has 0 radical (unpaired) electrons. The average molecular weight is 282 g/mol. The molecule has 2 heterocycles. The van der Waals surface area contributed by atoms with Crippen LogP contribution in [0, 0.1) is 0 Å². The summed E-state index contributed by atoms with van der Waals surface area (Å²) >= 11 is 0. The average Bonchev–Trinajstić information content (AvgIpc) is 3.02. The largest absolute Gasteiger partial charge is 0.475 e. The van der Waals surface area contributed by atoms with E-state index in [1.807, 2.05) is 24.3 Å². The van der Waals surface area contributed by atoms with Crippen molar-refractivity contribution in [2.75, 3.05) is 32.0 Å². The molecule has 0 spiro atoms. The van der Waals surface area contributed by atoms with E-state index in [-0.39, 0.29) is 18.4 Å². The third-order valence-electron chi connectivity index (χ3n) is 3.54. The lowest BCUT2D eigenvalue weighted by Crippen LogP contribution is -2.29. The van der Waals surface area contributed by atoms with Crippen molar-refractivity contribution in [1.29, 1.82) is 0 Å². The van der Waals surface area contributed by atoms with E-state index < -0.39 is 0 Å². The maximum atomic E-state index is 5.68. The fourth-order valence-corrected chi connectivity index (χ4v) is 2.56. The molecule has 1 atom stereocenters. The first-order valence-corrected chi connectivity index (χ1v) is 6.60. The maximum Gasteiger partial charge on any atom is 0.216 e. The molecule has 1 fully saturated rings. The van der Waals surface area contributed by atoms with E-state index in [0.717, 1.165) is 23.7 Å². The standard InChI is InChI=1S/C14H19N3O.ClH/c15-12-5-3-11(4-6-12)14-16-13(10-18-14)9-17-7-1-2-8-17;/h3-6,13H,1-2,7-10,15H2;1H/t13-;/m1./s1. The van der Waals surface area contributed by atoms with Gasteiger partial charge in [-0.05, 0) is 50.2 Å². The smallest absolute Gasteiger partial charge is 0.216 e. The second kappa shape index (κ2) is 6.26. The maximum absolute atomic E-state index is 5.68. The highest BCUT2D eigenvalue weighted by molar-refractivity contribution is 5.95. The molecule has 4 nitrogen and oxygen atoms in total. The molecule has 2 aliphatic rings. The minimum absolute atomic E-state index is 0. The van der Waals surface area contributed by atoms with Gasteiger partial charge in [-0.3, -0.25) is 0 Å². The molecule has 1 aromatic carbocycles. The van der Waals surface area contributed by atoms with Crippen LogP contribution in [0.25, 0.3) is 0 Å². The number of ether oxygens (including phenoxy) is 1. The zero-order chi connectivity index (χ0) is 12.4. The number of hydrogen-bond acceptors (Lipinski definition) is 4. The van der Waals surface area contributed by atoms with Crippen LogP contribution in [0.2, 0.25) is 0 Å². The Bertz CT molecular complexity index is 441. The molecule has 0 unspecified atom stereocenters. The number of aliphatic imine (C=N–C) groups is 1. The van der Waals surface area contributed by atoms with Crippen LogP contribution >= 0.6 is 12.4 Å². The lowest BCUT2D eigenvalue weighted by molar-refractivity contribution is 0.261. The molecule has 104 valence electrons. The van der Waals surface area contributed by atoms with Gasteiger partial charge in [0, 0.05) is 17.8 Å². The minimum atomic E-state index is 0. The van der Waals surface area contributed by atoms with E-state index in [9.17, 15) is 0 Å². The quantitative estimate of drug-likeness (QED) is 0.862. The first kappa shape index (κ1) is 14.2. The van der Waals surface area contributed by atoms with Crippen molar-refractivity contribution in [1.82, 2.24) is 4.90 Å². The molecule has 2 N–H and O–H groups in total. The summed E-state index contributed by atoms with van der Waals surface area (Å²) in [5, 5.41) is 0. The topological polar surface area (TPSA) is 50.8 Å². The number of anilines is 1. The third-order valence-corrected chi connectivity index (χ3v) is 3.54. The Morgan fingerprint density at radius 1 is 1.21 bits per heavy atom. The van der Waals surface area contributed by atoms with Gasteiger partial charge in [-0.1, -0.05) is 0 Å². The molecule has 2 aliphatic heterocycles. The first-order chi connectivity index (χ1) is 8.81. The lowest BCUT2D eigenvalue weighted by atomic mass is 10.2. The Morgan fingerprint density at radius 2 is 1.89 bits per heavy atom. The molecule has 0 saturated carbocycles.